The van der Waals surface area contributed by atoms with E-state index in [4.69, 9.17) is 0 Å². The van der Waals surface area contributed by atoms with E-state index in [9.17, 15) is 23.7 Å². The summed E-state index contributed by atoms with van der Waals surface area (Å²) < 4.78 is 26.4. The van der Waals surface area contributed by atoms with Crippen LogP contribution < -0.4 is 10.2 Å². The van der Waals surface area contributed by atoms with Crippen LogP contribution in [-0.2, 0) is 4.79 Å². The van der Waals surface area contributed by atoms with Crippen molar-refractivity contribution in [2.45, 2.75) is 25.8 Å². The maximum Gasteiger partial charge on any atom is 0.292 e. The van der Waals surface area contributed by atoms with Gasteiger partial charge in [0.1, 0.15) is 5.69 Å². The van der Waals surface area contributed by atoms with Crippen LogP contribution in [0.1, 0.15) is 31.4 Å². The van der Waals surface area contributed by atoms with Crippen LogP contribution in [0.3, 0.4) is 0 Å². The van der Waals surface area contributed by atoms with Crippen molar-refractivity contribution < 1.29 is 18.5 Å². The number of carbonyl (C=O) groups excluding carboxylic acids is 1. The third-order valence-corrected chi connectivity index (χ3v) is 5.09. The number of benzene rings is 2. The van der Waals surface area contributed by atoms with Gasteiger partial charge in [-0.1, -0.05) is 18.2 Å². The lowest BCUT2D eigenvalue weighted by Gasteiger charge is -2.33. The Hall–Kier alpha value is -3.03. The molecule has 28 heavy (non-hydrogen) atoms. The highest BCUT2D eigenvalue weighted by Crippen LogP contribution is 2.31. The molecule has 0 aromatic heterocycles. The molecule has 0 bridgehead atoms. The van der Waals surface area contributed by atoms with Crippen molar-refractivity contribution in [3.8, 4) is 0 Å². The first kappa shape index (κ1) is 19.7. The van der Waals surface area contributed by atoms with E-state index in [1.165, 1.54) is 12.1 Å². The summed E-state index contributed by atoms with van der Waals surface area (Å²) in [6, 6.07) is 9.68. The molecule has 0 aliphatic carbocycles. The fourth-order valence-corrected chi connectivity index (χ4v) is 3.46. The molecule has 3 rings (SSSR count). The number of anilines is 1. The second kappa shape index (κ2) is 8.33. The van der Waals surface area contributed by atoms with Crippen molar-refractivity contribution >= 4 is 17.3 Å². The SMILES string of the molecule is CC(NC(=O)C1CCN(c2ccccc2[N+](=O)[O-])CC1)c1ccc(F)c(F)c1. The molecule has 1 heterocycles. The Kier molecular flexibility index (Phi) is 5.87. The molecule has 148 valence electrons. The highest BCUT2D eigenvalue weighted by atomic mass is 19.2. The molecule has 0 radical (unpaired) electrons. The van der Waals surface area contributed by atoms with Gasteiger partial charge in [0.15, 0.2) is 11.6 Å². The molecule has 1 N–H and O–H groups in total. The summed E-state index contributed by atoms with van der Waals surface area (Å²) >= 11 is 0. The summed E-state index contributed by atoms with van der Waals surface area (Å²) in [6.07, 6.45) is 1.12. The zero-order valence-corrected chi connectivity index (χ0v) is 15.4. The minimum atomic E-state index is -0.948. The molecule has 1 saturated heterocycles. The number of hydrogen-bond donors (Lipinski definition) is 1. The summed E-state index contributed by atoms with van der Waals surface area (Å²) in [5.41, 5.74) is 1.10. The Morgan fingerprint density at radius 1 is 1.18 bits per heavy atom. The van der Waals surface area contributed by atoms with Gasteiger partial charge in [0.2, 0.25) is 5.91 Å². The Labute approximate surface area is 161 Å². The van der Waals surface area contributed by atoms with Crippen LogP contribution in [-0.4, -0.2) is 23.9 Å². The van der Waals surface area contributed by atoms with Gasteiger partial charge in [-0.25, -0.2) is 8.78 Å². The van der Waals surface area contributed by atoms with Crippen molar-refractivity contribution in [2.75, 3.05) is 18.0 Å². The third-order valence-electron chi connectivity index (χ3n) is 5.09. The normalized spacial score (nSPS) is 15.9. The van der Waals surface area contributed by atoms with Crippen molar-refractivity contribution in [2.24, 2.45) is 5.92 Å². The molecule has 0 saturated carbocycles. The standard InChI is InChI=1S/C20H21F2N3O3/c1-13(15-6-7-16(21)17(22)12-15)23-20(26)14-8-10-24(11-9-14)18-4-2-3-5-19(18)25(27)28/h2-7,12-14H,8-11H2,1H3,(H,23,26). The molecule has 1 aliphatic heterocycles. The summed E-state index contributed by atoms with van der Waals surface area (Å²) in [6.45, 7) is 2.78. The van der Waals surface area contributed by atoms with E-state index in [2.05, 4.69) is 5.32 Å². The first-order valence-corrected chi connectivity index (χ1v) is 9.10. The topological polar surface area (TPSA) is 75.5 Å². The number of nitro benzene ring substituents is 1. The number of nitro groups is 1. The van der Waals surface area contributed by atoms with Gasteiger partial charge >= 0.3 is 0 Å². The second-order valence-corrected chi connectivity index (χ2v) is 6.91. The van der Waals surface area contributed by atoms with E-state index in [1.54, 1.807) is 25.1 Å². The number of amides is 1. The lowest BCUT2D eigenvalue weighted by molar-refractivity contribution is -0.384. The average Bonchev–Trinajstić information content (AvgIpc) is 2.70. The number of nitrogens with one attached hydrogen (secondary N) is 1. The average molecular weight is 389 g/mol. The van der Waals surface area contributed by atoms with Crippen molar-refractivity contribution in [3.05, 3.63) is 69.8 Å². The van der Waals surface area contributed by atoms with Crippen LogP contribution in [0.25, 0.3) is 0 Å². The first-order valence-electron chi connectivity index (χ1n) is 9.10. The van der Waals surface area contributed by atoms with Gasteiger partial charge in [-0.15, -0.1) is 0 Å². The van der Waals surface area contributed by atoms with E-state index in [0.717, 1.165) is 12.1 Å². The minimum absolute atomic E-state index is 0.0531. The maximum absolute atomic E-state index is 13.4. The van der Waals surface area contributed by atoms with Crippen LogP contribution in [0.15, 0.2) is 42.5 Å². The molecule has 6 nitrogen and oxygen atoms in total. The van der Waals surface area contributed by atoms with Gasteiger partial charge in [0, 0.05) is 25.1 Å². The first-order chi connectivity index (χ1) is 13.4. The number of nitrogens with zero attached hydrogens (tertiary/aromatic N) is 2. The number of para-hydroxylation sites is 2. The lowest BCUT2D eigenvalue weighted by Crippen LogP contribution is -2.41. The van der Waals surface area contributed by atoms with Crippen molar-refractivity contribution in [1.29, 1.82) is 0 Å². The Bertz CT molecular complexity index is 883. The highest BCUT2D eigenvalue weighted by Gasteiger charge is 2.28. The fraction of sp³-hybridized carbons (Fsp3) is 0.350. The lowest BCUT2D eigenvalue weighted by atomic mass is 9.94. The molecule has 0 spiro atoms. The molecule has 1 amide bonds. The zero-order valence-electron chi connectivity index (χ0n) is 15.4. The number of rotatable bonds is 5. The summed E-state index contributed by atoms with van der Waals surface area (Å²) in [5.74, 6) is -2.26. The van der Waals surface area contributed by atoms with Crippen molar-refractivity contribution in [1.82, 2.24) is 5.32 Å². The molecule has 8 heteroatoms. The molecular weight excluding hydrogens is 368 g/mol. The molecule has 2 aromatic carbocycles. The van der Waals surface area contributed by atoms with Gasteiger partial charge in [-0.3, -0.25) is 14.9 Å². The van der Waals surface area contributed by atoms with Gasteiger partial charge in [-0.05, 0) is 43.5 Å². The molecule has 1 unspecified atom stereocenters. The maximum atomic E-state index is 13.4. The monoisotopic (exact) mass is 389 g/mol. The molecule has 1 aliphatic rings. The fourth-order valence-electron chi connectivity index (χ4n) is 3.46. The quantitative estimate of drug-likeness (QED) is 0.620. The summed E-state index contributed by atoms with van der Waals surface area (Å²) in [4.78, 5) is 25.3. The number of piperidine rings is 1. The van der Waals surface area contributed by atoms with E-state index in [1.807, 2.05) is 4.90 Å². The van der Waals surface area contributed by atoms with Gasteiger partial charge < -0.3 is 10.2 Å². The van der Waals surface area contributed by atoms with Gasteiger partial charge in [0.05, 0.1) is 11.0 Å². The number of carbonyl (C=O) groups is 1. The third kappa shape index (κ3) is 4.27. The Morgan fingerprint density at radius 3 is 2.50 bits per heavy atom. The molecule has 1 atom stereocenters. The van der Waals surface area contributed by atoms with Crippen LogP contribution >= 0.6 is 0 Å². The largest absolute Gasteiger partial charge is 0.366 e. The molecule has 1 fully saturated rings. The number of halogens is 2. The Balaban J connectivity index is 1.59. The number of hydrogen-bond acceptors (Lipinski definition) is 4. The van der Waals surface area contributed by atoms with E-state index in [-0.39, 0.29) is 17.5 Å². The van der Waals surface area contributed by atoms with E-state index >= 15 is 0 Å². The second-order valence-electron chi connectivity index (χ2n) is 6.91. The summed E-state index contributed by atoms with van der Waals surface area (Å²) in [7, 11) is 0. The Morgan fingerprint density at radius 2 is 1.86 bits per heavy atom. The van der Waals surface area contributed by atoms with Crippen LogP contribution in [0.2, 0.25) is 0 Å². The van der Waals surface area contributed by atoms with Gasteiger partial charge in [0.25, 0.3) is 5.69 Å². The minimum Gasteiger partial charge on any atom is -0.366 e. The van der Waals surface area contributed by atoms with Crippen LogP contribution in [0.4, 0.5) is 20.2 Å². The predicted molar refractivity (Wildman–Crippen MR) is 101 cm³/mol. The zero-order chi connectivity index (χ0) is 20.3. The summed E-state index contributed by atoms with van der Waals surface area (Å²) in [5, 5.41) is 14.0. The highest BCUT2D eigenvalue weighted by molar-refractivity contribution is 5.79. The molecular formula is C20H21F2N3O3. The van der Waals surface area contributed by atoms with Crippen LogP contribution in [0.5, 0.6) is 0 Å². The van der Waals surface area contributed by atoms with Crippen molar-refractivity contribution in [3.63, 3.8) is 0 Å². The predicted octanol–water partition coefficient (Wildman–Crippen LogP) is 3.97. The van der Waals surface area contributed by atoms with E-state index < -0.39 is 22.6 Å². The molecule has 2 aromatic rings. The van der Waals surface area contributed by atoms with Crippen LogP contribution in [0, 0.1) is 27.7 Å². The van der Waals surface area contributed by atoms with E-state index in [0.29, 0.717) is 37.2 Å². The van der Waals surface area contributed by atoms with Gasteiger partial charge in [-0.2, -0.15) is 0 Å². The smallest absolute Gasteiger partial charge is 0.292 e.